The number of amides is 1. The summed E-state index contributed by atoms with van der Waals surface area (Å²) in [5.74, 6) is -2.43. The number of nitrogens with zero attached hydrogens (tertiary/aromatic N) is 4. The van der Waals surface area contributed by atoms with Gasteiger partial charge in [-0.15, -0.1) is 0 Å². The molecule has 2 aromatic heterocycles. The highest BCUT2D eigenvalue weighted by atomic mass is 35.5. The number of nitrogens with one attached hydrogen (secondary N) is 1. The van der Waals surface area contributed by atoms with Crippen LogP contribution >= 0.6 is 23.4 Å². The molecule has 10 heteroatoms. The minimum atomic E-state index is -2.63. The van der Waals surface area contributed by atoms with Crippen LogP contribution in [-0.4, -0.2) is 31.2 Å². The number of halogens is 3. The molecule has 3 aromatic rings. The molecule has 1 aromatic carbocycles. The summed E-state index contributed by atoms with van der Waals surface area (Å²) in [4.78, 5) is 20.9. The van der Waals surface area contributed by atoms with E-state index in [0.717, 1.165) is 17.0 Å². The van der Waals surface area contributed by atoms with Crippen molar-refractivity contribution in [2.75, 3.05) is 5.32 Å². The lowest BCUT2D eigenvalue weighted by molar-refractivity contribution is -0.116. The summed E-state index contributed by atoms with van der Waals surface area (Å²) in [5.41, 5.74) is 2.81. The molecule has 0 spiro atoms. The number of carbonyl (C=O) groups is 1. The van der Waals surface area contributed by atoms with Gasteiger partial charge in [0.15, 0.2) is 0 Å². The van der Waals surface area contributed by atoms with Gasteiger partial charge in [-0.2, -0.15) is 18.9 Å². The van der Waals surface area contributed by atoms with Crippen molar-refractivity contribution in [2.45, 2.75) is 37.3 Å². The Morgan fingerprint density at radius 1 is 1.37 bits per heavy atom. The minimum absolute atomic E-state index is 0.153. The number of thioether (sulfide) groups is 1. The number of anilines is 1. The Labute approximate surface area is 163 Å². The highest BCUT2D eigenvalue weighted by Crippen LogP contribution is 2.37. The molecule has 0 aliphatic carbocycles. The largest absolute Gasteiger partial charge is 0.325 e. The van der Waals surface area contributed by atoms with Crippen molar-refractivity contribution in [3.8, 4) is 0 Å². The zero-order valence-electron chi connectivity index (χ0n) is 14.5. The minimum Gasteiger partial charge on any atom is -0.325 e. The first-order valence-electron chi connectivity index (χ1n) is 8.05. The first kappa shape index (κ1) is 19.5. The maximum absolute atomic E-state index is 12.7. The summed E-state index contributed by atoms with van der Waals surface area (Å²) < 4.78 is 27.1. The molecule has 0 fully saturated rings. The molecule has 0 atom stereocenters. The summed E-state index contributed by atoms with van der Waals surface area (Å²) in [6, 6.07) is 4.66. The quantitative estimate of drug-likeness (QED) is 0.613. The number of hydrogen-bond acceptors (Lipinski definition) is 5. The number of carbonyl (C=O) groups excluding carboxylic acids is 1. The Bertz CT molecular complexity index is 995. The van der Waals surface area contributed by atoms with Crippen LogP contribution in [0.2, 0.25) is 5.02 Å². The molecule has 6 nitrogen and oxygen atoms in total. The number of benzene rings is 1. The van der Waals surface area contributed by atoms with Gasteiger partial charge in [0, 0.05) is 17.8 Å². The van der Waals surface area contributed by atoms with Gasteiger partial charge >= 0.3 is 0 Å². The SMILES string of the molecule is Cc1nc2ncnn2c(C)c1CCC(=O)Nc1cccc(Cl)c1SC(F)F. The maximum atomic E-state index is 12.7. The predicted octanol–water partition coefficient (Wildman–Crippen LogP) is 4.28. The van der Waals surface area contributed by atoms with Crippen molar-refractivity contribution in [2.24, 2.45) is 0 Å². The average molecular weight is 412 g/mol. The number of aromatic nitrogens is 4. The lowest BCUT2D eigenvalue weighted by Crippen LogP contribution is -2.15. The Morgan fingerprint density at radius 3 is 2.89 bits per heavy atom. The van der Waals surface area contributed by atoms with E-state index in [-0.39, 0.29) is 27.9 Å². The van der Waals surface area contributed by atoms with Crippen molar-refractivity contribution in [3.05, 3.63) is 46.5 Å². The molecule has 3 rings (SSSR count). The molecular formula is C17H16ClF2N5OS. The van der Waals surface area contributed by atoms with Crippen LogP contribution in [0, 0.1) is 13.8 Å². The van der Waals surface area contributed by atoms with Gasteiger partial charge < -0.3 is 5.32 Å². The van der Waals surface area contributed by atoms with Crippen LogP contribution in [0.5, 0.6) is 0 Å². The number of alkyl halides is 2. The summed E-state index contributed by atoms with van der Waals surface area (Å²) in [6.07, 6.45) is 2.02. The van der Waals surface area contributed by atoms with Gasteiger partial charge in [-0.25, -0.2) is 9.50 Å². The molecule has 1 amide bonds. The molecule has 0 aliphatic heterocycles. The van der Waals surface area contributed by atoms with Gasteiger partial charge in [0.2, 0.25) is 5.91 Å². The summed E-state index contributed by atoms with van der Waals surface area (Å²) in [7, 11) is 0. The number of aryl methyl sites for hydroxylation is 2. The summed E-state index contributed by atoms with van der Waals surface area (Å²) >= 11 is 6.29. The van der Waals surface area contributed by atoms with E-state index in [2.05, 4.69) is 20.4 Å². The third-order valence-electron chi connectivity index (χ3n) is 4.04. The zero-order valence-corrected chi connectivity index (χ0v) is 16.1. The first-order valence-corrected chi connectivity index (χ1v) is 9.31. The molecule has 0 saturated heterocycles. The van der Waals surface area contributed by atoms with Gasteiger partial charge in [-0.1, -0.05) is 29.4 Å². The molecule has 0 radical (unpaired) electrons. The normalized spacial score (nSPS) is 11.3. The van der Waals surface area contributed by atoms with Crippen LogP contribution in [0.3, 0.4) is 0 Å². The van der Waals surface area contributed by atoms with Crippen LogP contribution in [0.4, 0.5) is 14.5 Å². The van der Waals surface area contributed by atoms with E-state index in [1.165, 1.54) is 12.4 Å². The number of hydrogen-bond donors (Lipinski definition) is 1. The fourth-order valence-electron chi connectivity index (χ4n) is 2.78. The second kappa shape index (κ2) is 8.18. The van der Waals surface area contributed by atoms with E-state index in [1.54, 1.807) is 16.6 Å². The molecule has 142 valence electrons. The number of fused-ring (bicyclic) bond motifs is 1. The van der Waals surface area contributed by atoms with E-state index in [4.69, 9.17) is 11.6 Å². The fourth-order valence-corrected chi connectivity index (χ4v) is 3.70. The first-order chi connectivity index (χ1) is 12.9. The molecule has 0 bridgehead atoms. The smallest absolute Gasteiger partial charge is 0.289 e. The van der Waals surface area contributed by atoms with Crippen molar-refractivity contribution in [1.82, 2.24) is 19.6 Å². The number of rotatable bonds is 6. The van der Waals surface area contributed by atoms with Crippen molar-refractivity contribution in [1.29, 1.82) is 0 Å². The Morgan fingerprint density at radius 2 is 2.15 bits per heavy atom. The van der Waals surface area contributed by atoms with Crippen LogP contribution < -0.4 is 5.32 Å². The van der Waals surface area contributed by atoms with E-state index in [1.807, 2.05) is 13.8 Å². The molecule has 0 saturated carbocycles. The van der Waals surface area contributed by atoms with Gasteiger partial charge in [0.05, 0.1) is 15.6 Å². The summed E-state index contributed by atoms with van der Waals surface area (Å²) in [6.45, 7) is 3.74. The monoisotopic (exact) mass is 411 g/mol. The Hall–Kier alpha value is -2.26. The van der Waals surface area contributed by atoms with E-state index < -0.39 is 5.76 Å². The van der Waals surface area contributed by atoms with Crippen LogP contribution in [0.1, 0.15) is 23.4 Å². The Balaban J connectivity index is 1.74. The second-order valence-corrected chi connectivity index (χ2v) is 7.18. The summed E-state index contributed by atoms with van der Waals surface area (Å²) in [5, 5.41) is 6.95. The molecule has 2 heterocycles. The topological polar surface area (TPSA) is 72.2 Å². The second-order valence-electron chi connectivity index (χ2n) is 5.78. The lowest BCUT2D eigenvalue weighted by atomic mass is 10.1. The van der Waals surface area contributed by atoms with E-state index >= 15 is 0 Å². The average Bonchev–Trinajstić information content (AvgIpc) is 3.06. The van der Waals surface area contributed by atoms with Crippen LogP contribution in [0.15, 0.2) is 29.4 Å². The van der Waals surface area contributed by atoms with Gasteiger partial charge in [0.25, 0.3) is 11.5 Å². The van der Waals surface area contributed by atoms with Gasteiger partial charge in [-0.05, 0) is 38.0 Å². The standard InChI is InChI=1S/C17H16ClF2N5OS/c1-9-11(10(2)25-17(23-9)21-8-22-25)6-7-14(26)24-13-5-3-4-12(18)15(13)27-16(19)20/h3-5,8,16H,6-7H2,1-2H3,(H,24,26). The van der Waals surface area contributed by atoms with E-state index in [0.29, 0.717) is 24.0 Å². The van der Waals surface area contributed by atoms with Crippen LogP contribution in [0.25, 0.3) is 5.78 Å². The molecule has 0 aliphatic rings. The van der Waals surface area contributed by atoms with Crippen molar-refractivity contribution in [3.63, 3.8) is 0 Å². The Kier molecular flexibility index (Phi) is 5.91. The fraction of sp³-hybridized carbons (Fsp3) is 0.294. The van der Waals surface area contributed by atoms with Gasteiger partial charge in [-0.3, -0.25) is 4.79 Å². The molecule has 0 unspecified atom stereocenters. The van der Waals surface area contributed by atoms with Gasteiger partial charge in [0.1, 0.15) is 6.33 Å². The predicted molar refractivity (Wildman–Crippen MR) is 101 cm³/mol. The third kappa shape index (κ3) is 4.36. The van der Waals surface area contributed by atoms with Crippen molar-refractivity contribution >= 4 is 40.7 Å². The maximum Gasteiger partial charge on any atom is 0.289 e. The molecule has 1 N–H and O–H groups in total. The lowest BCUT2D eigenvalue weighted by Gasteiger charge is -2.13. The highest BCUT2D eigenvalue weighted by molar-refractivity contribution is 7.99. The van der Waals surface area contributed by atoms with Crippen molar-refractivity contribution < 1.29 is 13.6 Å². The molecule has 27 heavy (non-hydrogen) atoms. The van der Waals surface area contributed by atoms with Crippen LogP contribution in [-0.2, 0) is 11.2 Å². The van der Waals surface area contributed by atoms with E-state index in [9.17, 15) is 13.6 Å². The zero-order chi connectivity index (χ0) is 19.6. The highest BCUT2D eigenvalue weighted by Gasteiger charge is 2.17. The molecular weight excluding hydrogens is 396 g/mol. The third-order valence-corrected chi connectivity index (χ3v) is 5.32.